The lowest BCUT2D eigenvalue weighted by molar-refractivity contribution is 0.356. The SMILES string of the molecule is COc1cccc(NS(C)(=O)=O)c1OC. The van der Waals surface area contributed by atoms with Crippen molar-refractivity contribution in [2.45, 2.75) is 0 Å². The number of hydrogen-bond acceptors (Lipinski definition) is 4. The molecular weight excluding hydrogens is 218 g/mol. The molecule has 0 aliphatic heterocycles. The summed E-state index contributed by atoms with van der Waals surface area (Å²) < 4.78 is 34.6. The largest absolute Gasteiger partial charge is 0.493 e. The van der Waals surface area contributed by atoms with Crippen LogP contribution < -0.4 is 14.2 Å². The lowest BCUT2D eigenvalue weighted by Crippen LogP contribution is -2.10. The van der Waals surface area contributed by atoms with E-state index in [0.29, 0.717) is 17.2 Å². The monoisotopic (exact) mass is 231 g/mol. The normalized spacial score (nSPS) is 10.9. The zero-order chi connectivity index (χ0) is 11.5. The van der Waals surface area contributed by atoms with Gasteiger partial charge in [-0.1, -0.05) is 6.07 Å². The van der Waals surface area contributed by atoms with Crippen molar-refractivity contribution in [3.05, 3.63) is 18.2 Å². The first-order chi connectivity index (χ1) is 6.98. The summed E-state index contributed by atoms with van der Waals surface area (Å²) in [6.45, 7) is 0. The van der Waals surface area contributed by atoms with Gasteiger partial charge in [0.25, 0.3) is 0 Å². The fourth-order valence-electron chi connectivity index (χ4n) is 1.17. The van der Waals surface area contributed by atoms with Gasteiger partial charge in [0.1, 0.15) is 0 Å². The molecule has 1 aromatic carbocycles. The van der Waals surface area contributed by atoms with Gasteiger partial charge >= 0.3 is 0 Å². The molecule has 0 saturated carbocycles. The molecule has 1 rings (SSSR count). The Bertz CT molecular complexity index is 441. The van der Waals surface area contributed by atoms with E-state index in [1.54, 1.807) is 18.2 Å². The van der Waals surface area contributed by atoms with Crippen LogP contribution in [0.4, 0.5) is 5.69 Å². The molecule has 5 nitrogen and oxygen atoms in total. The fourth-order valence-corrected chi connectivity index (χ4v) is 1.73. The van der Waals surface area contributed by atoms with E-state index in [2.05, 4.69) is 4.72 Å². The number of benzene rings is 1. The maximum Gasteiger partial charge on any atom is 0.229 e. The number of methoxy groups -OCH3 is 2. The summed E-state index contributed by atoms with van der Waals surface area (Å²) in [7, 11) is -0.382. The van der Waals surface area contributed by atoms with Crippen molar-refractivity contribution in [2.75, 3.05) is 25.2 Å². The third-order valence-electron chi connectivity index (χ3n) is 1.70. The second-order valence-electron chi connectivity index (χ2n) is 2.92. The topological polar surface area (TPSA) is 64.6 Å². The highest BCUT2D eigenvalue weighted by molar-refractivity contribution is 7.92. The minimum atomic E-state index is -3.32. The van der Waals surface area contributed by atoms with Crippen LogP contribution in [0.15, 0.2) is 18.2 Å². The van der Waals surface area contributed by atoms with Crippen LogP contribution in [-0.2, 0) is 10.0 Å². The van der Waals surface area contributed by atoms with E-state index in [9.17, 15) is 8.42 Å². The van der Waals surface area contributed by atoms with Crippen LogP contribution in [0.2, 0.25) is 0 Å². The third kappa shape index (κ3) is 3.02. The second-order valence-corrected chi connectivity index (χ2v) is 4.66. The molecule has 0 aliphatic carbocycles. The molecule has 0 unspecified atom stereocenters. The summed E-state index contributed by atoms with van der Waals surface area (Å²) in [6, 6.07) is 4.96. The predicted octanol–water partition coefficient (Wildman–Crippen LogP) is 1.08. The Morgan fingerprint density at radius 1 is 1.20 bits per heavy atom. The van der Waals surface area contributed by atoms with Crippen molar-refractivity contribution in [2.24, 2.45) is 0 Å². The molecule has 84 valence electrons. The molecule has 0 atom stereocenters. The zero-order valence-electron chi connectivity index (χ0n) is 8.77. The van der Waals surface area contributed by atoms with Crippen LogP contribution in [0.1, 0.15) is 0 Å². The summed E-state index contributed by atoms with van der Waals surface area (Å²) >= 11 is 0. The first-order valence-electron chi connectivity index (χ1n) is 4.16. The van der Waals surface area contributed by atoms with E-state index in [1.165, 1.54) is 14.2 Å². The molecule has 0 fully saturated rings. The molecule has 6 heteroatoms. The van der Waals surface area contributed by atoms with E-state index < -0.39 is 10.0 Å². The molecule has 1 N–H and O–H groups in total. The summed E-state index contributed by atoms with van der Waals surface area (Å²) in [5, 5.41) is 0. The number of hydrogen-bond donors (Lipinski definition) is 1. The standard InChI is InChI=1S/C9H13NO4S/c1-13-8-6-4-5-7(9(8)14-2)10-15(3,11)12/h4-6,10H,1-3H3. The van der Waals surface area contributed by atoms with Crippen LogP contribution >= 0.6 is 0 Å². The van der Waals surface area contributed by atoms with Gasteiger partial charge in [-0.3, -0.25) is 4.72 Å². The van der Waals surface area contributed by atoms with Crippen molar-refractivity contribution >= 4 is 15.7 Å². The number of sulfonamides is 1. The Labute approximate surface area is 89.1 Å². The van der Waals surface area contributed by atoms with Crippen LogP contribution in [0.5, 0.6) is 11.5 Å². The molecule has 0 saturated heterocycles. The zero-order valence-corrected chi connectivity index (χ0v) is 9.59. The Morgan fingerprint density at radius 3 is 2.33 bits per heavy atom. The van der Waals surface area contributed by atoms with Gasteiger partial charge in [-0.2, -0.15) is 0 Å². The molecule has 0 aliphatic rings. The molecular formula is C9H13NO4S. The Balaban J connectivity index is 3.18. The van der Waals surface area contributed by atoms with Gasteiger partial charge in [-0.25, -0.2) is 8.42 Å². The molecule has 15 heavy (non-hydrogen) atoms. The molecule has 0 amide bonds. The summed E-state index contributed by atoms with van der Waals surface area (Å²) in [5.41, 5.74) is 0.361. The predicted molar refractivity (Wildman–Crippen MR) is 58.0 cm³/mol. The van der Waals surface area contributed by atoms with E-state index in [-0.39, 0.29) is 0 Å². The van der Waals surface area contributed by atoms with E-state index in [1.807, 2.05) is 0 Å². The van der Waals surface area contributed by atoms with Gasteiger partial charge in [-0.15, -0.1) is 0 Å². The highest BCUT2D eigenvalue weighted by Gasteiger charge is 2.12. The maximum atomic E-state index is 11.1. The number of nitrogens with one attached hydrogen (secondary N) is 1. The molecule has 0 aromatic heterocycles. The van der Waals surface area contributed by atoms with Gasteiger partial charge in [0.15, 0.2) is 11.5 Å². The van der Waals surface area contributed by atoms with Crippen molar-refractivity contribution in [3.8, 4) is 11.5 Å². The molecule has 0 spiro atoms. The average molecular weight is 231 g/mol. The van der Waals surface area contributed by atoms with Crippen LogP contribution in [-0.4, -0.2) is 28.9 Å². The average Bonchev–Trinajstić information content (AvgIpc) is 2.15. The molecule has 1 aromatic rings. The highest BCUT2D eigenvalue weighted by atomic mass is 32.2. The third-order valence-corrected chi connectivity index (χ3v) is 2.29. The Kier molecular flexibility index (Phi) is 3.41. The van der Waals surface area contributed by atoms with Gasteiger partial charge in [0.2, 0.25) is 10.0 Å². The van der Waals surface area contributed by atoms with Gasteiger partial charge in [-0.05, 0) is 12.1 Å². The minimum Gasteiger partial charge on any atom is -0.493 e. The minimum absolute atomic E-state index is 0.361. The van der Waals surface area contributed by atoms with Gasteiger partial charge in [0.05, 0.1) is 26.2 Å². The van der Waals surface area contributed by atoms with Gasteiger partial charge < -0.3 is 9.47 Å². The van der Waals surface area contributed by atoms with Crippen molar-refractivity contribution < 1.29 is 17.9 Å². The number of para-hydroxylation sites is 1. The van der Waals surface area contributed by atoms with E-state index in [0.717, 1.165) is 6.26 Å². The lowest BCUT2D eigenvalue weighted by Gasteiger charge is -2.12. The smallest absolute Gasteiger partial charge is 0.229 e. The summed E-state index contributed by atoms with van der Waals surface area (Å²) in [6.07, 6.45) is 1.08. The Morgan fingerprint density at radius 2 is 1.87 bits per heavy atom. The van der Waals surface area contributed by atoms with Gasteiger partial charge in [0, 0.05) is 0 Å². The Hall–Kier alpha value is -1.43. The van der Waals surface area contributed by atoms with Crippen LogP contribution in [0, 0.1) is 0 Å². The molecule has 0 heterocycles. The summed E-state index contributed by atoms with van der Waals surface area (Å²) in [4.78, 5) is 0. The first-order valence-corrected chi connectivity index (χ1v) is 6.06. The van der Waals surface area contributed by atoms with E-state index in [4.69, 9.17) is 9.47 Å². The van der Waals surface area contributed by atoms with E-state index >= 15 is 0 Å². The van der Waals surface area contributed by atoms with Crippen molar-refractivity contribution in [1.29, 1.82) is 0 Å². The maximum absolute atomic E-state index is 11.1. The quantitative estimate of drug-likeness (QED) is 0.842. The molecule has 0 bridgehead atoms. The highest BCUT2D eigenvalue weighted by Crippen LogP contribution is 2.34. The lowest BCUT2D eigenvalue weighted by atomic mass is 10.3. The summed E-state index contributed by atoms with van der Waals surface area (Å²) in [5.74, 6) is 0.844. The number of ether oxygens (including phenoxy) is 2. The second kappa shape index (κ2) is 4.39. The van der Waals surface area contributed by atoms with Crippen LogP contribution in [0.25, 0.3) is 0 Å². The van der Waals surface area contributed by atoms with Crippen molar-refractivity contribution in [1.82, 2.24) is 0 Å². The van der Waals surface area contributed by atoms with Crippen molar-refractivity contribution in [3.63, 3.8) is 0 Å². The number of rotatable bonds is 4. The first kappa shape index (κ1) is 11.6. The number of anilines is 1. The molecule has 0 radical (unpaired) electrons. The fraction of sp³-hybridized carbons (Fsp3) is 0.333. The van der Waals surface area contributed by atoms with Crippen LogP contribution in [0.3, 0.4) is 0 Å².